The standard InChI is InChI=1S/C14H21N3O2/c15-12-3-1-2-4-13(12)16-14(19)10-17-7-5-11(9-17)6-8-18/h1-4,11,18H,5-10,15H2,(H,16,19). The molecule has 5 heteroatoms. The summed E-state index contributed by atoms with van der Waals surface area (Å²) in [6.07, 6.45) is 1.88. The summed E-state index contributed by atoms with van der Waals surface area (Å²) in [5, 5.41) is 11.7. The Morgan fingerprint density at radius 1 is 1.47 bits per heavy atom. The van der Waals surface area contributed by atoms with Crippen LogP contribution in [0.4, 0.5) is 11.4 Å². The highest BCUT2D eigenvalue weighted by Gasteiger charge is 2.23. The lowest BCUT2D eigenvalue weighted by molar-refractivity contribution is -0.117. The van der Waals surface area contributed by atoms with Crippen LogP contribution in [0.2, 0.25) is 0 Å². The van der Waals surface area contributed by atoms with Crippen molar-refractivity contribution in [1.29, 1.82) is 0 Å². The second-order valence-corrected chi connectivity index (χ2v) is 5.04. The molecule has 1 aromatic rings. The summed E-state index contributed by atoms with van der Waals surface area (Å²) in [5.41, 5.74) is 7.03. The number of benzene rings is 1. The van der Waals surface area contributed by atoms with Gasteiger partial charge in [0.15, 0.2) is 0 Å². The van der Waals surface area contributed by atoms with Crippen LogP contribution in [0.1, 0.15) is 12.8 Å². The van der Waals surface area contributed by atoms with Gasteiger partial charge in [0.2, 0.25) is 5.91 Å². The second-order valence-electron chi connectivity index (χ2n) is 5.04. The highest BCUT2D eigenvalue weighted by atomic mass is 16.3. The maximum Gasteiger partial charge on any atom is 0.238 e. The molecule has 1 heterocycles. The van der Waals surface area contributed by atoms with Crippen molar-refractivity contribution in [3.63, 3.8) is 0 Å². The highest BCUT2D eigenvalue weighted by Crippen LogP contribution is 2.20. The van der Waals surface area contributed by atoms with Crippen LogP contribution in [-0.4, -0.2) is 42.2 Å². The molecule has 104 valence electrons. The number of nitrogens with two attached hydrogens (primary N) is 1. The lowest BCUT2D eigenvalue weighted by atomic mass is 10.1. The molecule has 1 saturated heterocycles. The number of rotatable bonds is 5. The molecule has 1 atom stereocenters. The Hall–Kier alpha value is -1.59. The van der Waals surface area contributed by atoms with Gasteiger partial charge >= 0.3 is 0 Å². The van der Waals surface area contributed by atoms with Crippen LogP contribution >= 0.6 is 0 Å². The van der Waals surface area contributed by atoms with Gasteiger partial charge in [0.05, 0.1) is 17.9 Å². The molecule has 0 spiro atoms. The molecule has 1 fully saturated rings. The fraction of sp³-hybridized carbons (Fsp3) is 0.500. The Kier molecular flexibility index (Phi) is 4.76. The van der Waals surface area contributed by atoms with E-state index in [0.717, 1.165) is 25.9 Å². The van der Waals surface area contributed by atoms with Crippen molar-refractivity contribution in [2.75, 3.05) is 37.3 Å². The number of hydrogen-bond acceptors (Lipinski definition) is 4. The number of anilines is 2. The van der Waals surface area contributed by atoms with Gasteiger partial charge in [0.25, 0.3) is 0 Å². The molecule has 0 radical (unpaired) electrons. The molecule has 0 bridgehead atoms. The first-order valence-electron chi connectivity index (χ1n) is 6.66. The molecular weight excluding hydrogens is 242 g/mol. The summed E-state index contributed by atoms with van der Waals surface area (Å²) in [4.78, 5) is 14.0. The van der Waals surface area contributed by atoms with Crippen LogP contribution < -0.4 is 11.1 Å². The minimum absolute atomic E-state index is 0.0393. The number of nitrogen functional groups attached to an aromatic ring is 1. The monoisotopic (exact) mass is 263 g/mol. The Morgan fingerprint density at radius 2 is 2.26 bits per heavy atom. The summed E-state index contributed by atoms with van der Waals surface area (Å²) in [6.45, 7) is 2.42. The average molecular weight is 263 g/mol. The Morgan fingerprint density at radius 3 is 3.00 bits per heavy atom. The van der Waals surface area contributed by atoms with Gasteiger partial charge in [-0.1, -0.05) is 12.1 Å². The number of likely N-dealkylation sites (tertiary alicyclic amines) is 1. The number of aliphatic hydroxyl groups excluding tert-OH is 1. The lowest BCUT2D eigenvalue weighted by Crippen LogP contribution is -2.31. The molecule has 0 aliphatic carbocycles. The molecule has 0 saturated carbocycles. The van der Waals surface area contributed by atoms with Gasteiger partial charge in [-0.05, 0) is 37.4 Å². The van der Waals surface area contributed by atoms with Crippen LogP contribution in [0.15, 0.2) is 24.3 Å². The van der Waals surface area contributed by atoms with Gasteiger partial charge in [0, 0.05) is 13.2 Å². The van der Waals surface area contributed by atoms with Crippen molar-refractivity contribution in [3.8, 4) is 0 Å². The Bertz CT molecular complexity index is 436. The zero-order valence-electron chi connectivity index (χ0n) is 11.0. The average Bonchev–Trinajstić information content (AvgIpc) is 2.80. The molecule has 1 aromatic carbocycles. The number of amides is 1. The topological polar surface area (TPSA) is 78.6 Å². The third-order valence-electron chi connectivity index (χ3n) is 3.51. The van der Waals surface area contributed by atoms with E-state index in [1.807, 2.05) is 12.1 Å². The van der Waals surface area contributed by atoms with Crippen LogP contribution in [0, 0.1) is 5.92 Å². The van der Waals surface area contributed by atoms with E-state index in [0.29, 0.717) is 23.8 Å². The molecule has 19 heavy (non-hydrogen) atoms. The molecule has 2 rings (SSSR count). The number of nitrogens with one attached hydrogen (secondary N) is 1. The second kappa shape index (κ2) is 6.54. The van der Waals surface area contributed by atoms with E-state index in [9.17, 15) is 4.79 Å². The first kappa shape index (κ1) is 13.8. The largest absolute Gasteiger partial charge is 0.397 e. The molecule has 4 N–H and O–H groups in total. The van der Waals surface area contributed by atoms with E-state index >= 15 is 0 Å². The third kappa shape index (κ3) is 3.94. The fourth-order valence-corrected chi connectivity index (χ4v) is 2.48. The Labute approximate surface area is 113 Å². The minimum Gasteiger partial charge on any atom is -0.397 e. The predicted octanol–water partition coefficient (Wildman–Crippen LogP) is 0.912. The number of aliphatic hydroxyl groups is 1. The van der Waals surface area contributed by atoms with Gasteiger partial charge in [0.1, 0.15) is 0 Å². The summed E-state index contributed by atoms with van der Waals surface area (Å²) in [6, 6.07) is 7.25. The maximum atomic E-state index is 11.9. The zero-order chi connectivity index (χ0) is 13.7. The van der Waals surface area contributed by atoms with Gasteiger partial charge in [-0.3, -0.25) is 9.69 Å². The lowest BCUT2D eigenvalue weighted by Gasteiger charge is -2.16. The van der Waals surface area contributed by atoms with Gasteiger partial charge < -0.3 is 16.2 Å². The Balaban J connectivity index is 1.81. The first-order valence-corrected chi connectivity index (χ1v) is 6.66. The first-order chi connectivity index (χ1) is 9.19. The fourth-order valence-electron chi connectivity index (χ4n) is 2.48. The van der Waals surface area contributed by atoms with Crippen LogP contribution in [0.3, 0.4) is 0 Å². The quantitative estimate of drug-likeness (QED) is 0.690. The van der Waals surface area contributed by atoms with Gasteiger partial charge in [-0.15, -0.1) is 0 Å². The smallest absolute Gasteiger partial charge is 0.238 e. The van der Waals surface area contributed by atoms with E-state index in [-0.39, 0.29) is 12.5 Å². The summed E-state index contributed by atoms with van der Waals surface area (Å²) >= 11 is 0. The minimum atomic E-state index is -0.0393. The van der Waals surface area contributed by atoms with E-state index in [1.165, 1.54) is 0 Å². The summed E-state index contributed by atoms with van der Waals surface area (Å²) in [5.74, 6) is 0.474. The van der Waals surface area contributed by atoms with E-state index in [4.69, 9.17) is 10.8 Å². The number of hydrogen-bond donors (Lipinski definition) is 3. The number of carbonyl (C=O) groups is 1. The summed E-state index contributed by atoms with van der Waals surface area (Å²) in [7, 11) is 0. The van der Waals surface area contributed by atoms with Crippen molar-refractivity contribution in [1.82, 2.24) is 4.90 Å². The summed E-state index contributed by atoms with van der Waals surface area (Å²) < 4.78 is 0. The molecule has 1 aliphatic heterocycles. The third-order valence-corrected chi connectivity index (χ3v) is 3.51. The number of nitrogens with zero attached hydrogens (tertiary/aromatic N) is 1. The van der Waals surface area contributed by atoms with E-state index in [2.05, 4.69) is 10.2 Å². The van der Waals surface area contributed by atoms with Gasteiger partial charge in [-0.25, -0.2) is 0 Å². The SMILES string of the molecule is Nc1ccccc1NC(=O)CN1CCC(CCO)C1. The van der Waals surface area contributed by atoms with Crippen molar-refractivity contribution in [2.24, 2.45) is 5.92 Å². The van der Waals surface area contributed by atoms with E-state index in [1.54, 1.807) is 12.1 Å². The van der Waals surface area contributed by atoms with Crippen molar-refractivity contribution in [3.05, 3.63) is 24.3 Å². The highest BCUT2D eigenvalue weighted by molar-refractivity contribution is 5.95. The zero-order valence-corrected chi connectivity index (χ0v) is 11.0. The van der Waals surface area contributed by atoms with Crippen LogP contribution in [0.5, 0.6) is 0 Å². The van der Waals surface area contributed by atoms with Crippen LogP contribution in [0.25, 0.3) is 0 Å². The number of carbonyl (C=O) groups excluding carboxylic acids is 1. The van der Waals surface area contributed by atoms with Crippen molar-refractivity contribution in [2.45, 2.75) is 12.8 Å². The molecular formula is C14H21N3O2. The van der Waals surface area contributed by atoms with Crippen LogP contribution in [-0.2, 0) is 4.79 Å². The molecule has 5 nitrogen and oxygen atoms in total. The van der Waals surface area contributed by atoms with Crippen molar-refractivity contribution >= 4 is 17.3 Å². The van der Waals surface area contributed by atoms with E-state index < -0.39 is 0 Å². The molecule has 0 aromatic heterocycles. The number of para-hydroxylation sites is 2. The predicted molar refractivity (Wildman–Crippen MR) is 75.7 cm³/mol. The normalized spacial score (nSPS) is 19.5. The molecule has 1 unspecified atom stereocenters. The van der Waals surface area contributed by atoms with Gasteiger partial charge in [-0.2, -0.15) is 0 Å². The van der Waals surface area contributed by atoms with Crippen molar-refractivity contribution < 1.29 is 9.90 Å². The molecule has 1 aliphatic rings. The molecule has 1 amide bonds. The maximum absolute atomic E-state index is 11.9.